The highest BCUT2D eigenvalue weighted by Crippen LogP contribution is 2.23. The van der Waals surface area contributed by atoms with Crippen molar-refractivity contribution in [3.8, 4) is 0 Å². The summed E-state index contributed by atoms with van der Waals surface area (Å²) in [6.45, 7) is 13.2. The van der Waals surface area contributed by atoms with Crippen LogP contribution in [0.3, 0.4) is 0 Å². The van der Waals surface area contributed by atoms with Crippen LogP contribution in [0.25, 0.3) is 0 Å². The second-order valence-corrected chi connectivity index (χ2v) is 6.99. The fourth-order valence-corrected chi connectivity index (χ4v) is 3.13. The predicted molar refractivity (Wildman–Crippen MR) is 120 cm³/mol. The first kappa shape index (κ1) is 29.9. The summed E-state index contributed by atoms with van der Waals surface area (Å²) >= 11 is 0. The summed E-state index contributed by atoms with van der Waals surface area (Å²) in [6, 6.07) is 0. The third kappa shape index (κ3) is 8.91. The lowest BCUT2D eigenvalue weighted by Crippen LogP contribution is -2.54. The van der Waals surface area contributed by atoms with Gasteiger partial charge in [0.25, 0.3) is 11.8 Å². The van der Waals surface area contributed by atoms with Crippen LogP contribution >= 0.6 is 0 Å². The smallest absolute Gasteiger partial charge is 0.377 e. The van der Waals surface area contributed by atoms with Gasteiger partial charge >= 0.3 is 11.9 Å². The maximum absolute atomic E-state index is 13.0. The molecule has 2 amide bonds. The molecule has 0 radical (unpaired) electrons. The SMILES string of the molecule is C=COC(C(=O)CCCOCC(=O)O)C(OC=C)C(OC=C)C(OC=C)C(=O)ON1C(=O)CCC1=O. The molecule has 1 rings (SSSR count). The number of carboxylic acids is 1. The number of aliphatic carboxylic acids is 1. The van der Waals surface area contributed by atoms with Crippen LogP contribution in [0.15, 0.2) is 51.4 Å². The van der Waals surface area contributed by atoms with Gasteiger partial charge in [0.05, 0.1) is 25.0 Å². The van der Waals surface area contributed by atoms with E-state index in [9.17, 15) is 24.0 Å². The molecule has 1 aliphatic rings. The number of nitrogens with zero attached hydrogens (tertiary/aromatic N) is 1. The van der Waals surface area contributed by atoms with Crippen molar-refractivity contribution in [3.05, 3.63) is 51.4 Å². The molecule has 13 nitrogen and oxygen atoms in total. The first-order chi connectivity index (χ1) is 17.2. The zero-order valence-corrected chi connectivity index (χ0v) is 19.6. The van der Waals surface area contributed by atoms with E-state index in [1.165, 1.54) is 0 Å². The van der Waals surface area contributed by atoms with Gasteiger partial charge in [0.2, 0.25) is 6.10 Å². The Balaban J connectivity index is 3.17. The number of amides is 2. The molecule has 198 valence electrons. The van der Waals surface area contributed by atoms with E-state index in [2.05, 4.69) is 26.3 Å². The number of hydrogen-bond acceptors (Lipinski definition) is 11. The first-order valence-corrected chi connectivity index (χ1v) is 10.7. The lowest BCUT2D eigenvalue weighted by molar-refractivity contribution is -0.211. The molecule has 4 unspecified atom stereocenters. The van der Waals surface area contributed by atoms with Gasteiger partial charge in [-0.1, -0.05) is 26.3 Å². The second kappa shape index (κ2) is 15.7. The van der Waals surface area contributed by atoms with Crippen LogP contribution in [-0.4, -0.2) is 77.3 Å². The number of Topliss-reactive ketones (excluding diaryl/α,β-unsaturated/α-hetero) is 1. The molecular formula is C23H29NO12. The second-order valence-electron chi connectivity index (χ2n) is 6.99. The third-order valence-corrected chi connectivity index (χ3v) is 4.59. The van der Waals surface area contributed by atoms with Gasteiger partial charge in [-0.25, -0.2) is 9.59 Å². The van der Waals surface area contributed by atoms with Crippen LogP contribution in [0, 0.1) is 0 Å². The molecule has 1 N–H and O–H groups in total. The molecule has 0 aromatic carbocycles. The van der Waals surface area contributed by atoms with Gasteiger partial charge in [0.15, 0.2) is 24.1 Å². The van der Waals surface area contributed by atoms with Crippen molar-refractivity contribution in [1.82, 2.24) is 5.06 Å². The zero-order chi connectivity index (χ0) is 27.1. The van der Waals surface area contributed by atoms with Crippen LogP contribution in [-0.2, 0) is 52.5 Å². The van der Waals surface area contributed by atoms with Crippen LogP contribution in [0.4, 0.5) is 0 Å². The molecule has 0 bridgehead atoms. The largest absolute Gasteiger partial charge is 0.490 e. The molecular weight excluding hydrogens is 482 g/mol. The van der Waals surface area contributed by atoms with Gasteiger partial charge in [-0.05, 0) is 6.42 Å². The van der Waals surface area contributed by atoms with Crippen molar-refractivity contribution in [3.63, 3.8) is 0 Å². The van der Waals surface area contributed by atoms with Crippen molar-refractivity contribution < 1.29 is 57.6 Å². The van der Waals surface area contributed by atoms with E-state index in [0.717, 1.165) is 25.0 Å². The fourth-order valence-electron chi connectivity index (χ4n) is 3.13. The summed E-state index contributed by atoms with van der Waals surface area (Å²) < 4.78 is 26.4. The van der Waals surface area contributed by atoms with Gasteiger partial charge in [-0.2, -0.15) is 0 Å². The first-order valence-electron chi connectivity index (χ1n) is 10.7. The van der Waals surface area contributed by atoms with E-state index >= 15 is 0 Å². The number of hydroxylamine groups is 2. The predicted octanol–water partition coefficient (Wildman–Crippen LogP) is 1.16. The lowest BCUT2D eigenvalue weighted by atomic mass is 9.97. The lowest BCUT2D eigenvalue weighted by Gasteiger charge is -2.34. The average molecular weight is 511 g/mol. The van der Waals surface area contributed by atoms with Crippen molar-refractivity contribution >= 4 is 29.5 Å². The van der Waals surface area contributed by atoms with Crippen LogP contribution in [0.5, 0.6) is 0 Å². The number of carbonyl (C=O) groups excluding carboxylic acids is 4. The Hall–Kier alpha value is -4.13. The van der Waals surface area contributed by atoms with E-state index in [4.69, 9.17) is 33.6 Å². The van der Waals surface area contributed by atoms with Crippen molar-refractivity contribution in [2.75, 3.05) is 13.2 Å². The number of carbonyl (C=O) groups is 5. The van der Waals surface area contributed by atoms with E-state index in [-0.39, 0.29) is 32.3 Å². The Morgan fingerprint density at radius 1 is 0.861 bits per heavy atom. The van der Waals surface area contributed by atoms with E-state index in [1.807, 2.05) is 0 Å². The minimum absolute atomic E-state index is 0.0230. The third-order valence-electron chi connectivity index (χ3n) is 4.59. The maximum Gasteiger partial charge on any atom is 0.377 e. The van der Waals surface area contributed by atoms with E-state index in [0.29, 0.717) is 5.06 Å². The number of carboxylic acid groups (broad SMARTS) is 1. The summed E-state index contributed by atoms with van der Waals surface area (Å²) in [5, 5.41) is 8.93. The molecule has 1 aliphatic heterocycles. The monoisotopic (exact) mass is 511 g/mol. The topological polar surface area (TPSA) is 164 Å². The van der Waals surface area contributed by atoms with Gasteiger partial charge < -0.3 is 33.6 Å². The number of hydrogen-bond donors (Lipinski definition) is 1. The molecule has 0 saturated carbocycles. The van der Waals surface area contributed by atoms with Gasteiger partial charge in [-0.15, -0.1) is 5.06 Å². The Bertz CT molecular complexity index is 838. The van der Waals surface area contributed by atoms with Crippen molar-refractivity contribution in [1.29, 1.82) is 0 Å². The molecule has 1 heterocycles. The standard InChI is InChI=1S/C23H29NO12/c1-5-32-19(15(25)10-9-13-31-14-18(28)29)20(33-6-2)21(34-7-3)22(35-8-4)23(30)36-24-16(26)11-12-17(24)27/h5-8,19-22H,1-4,9-14H2,(H,28,29). The van der Waals surface area contributed by atoms with Crippen molar-refractivity contribution in [2.24, 2.45) is 0 Å². The van der Waals surface area contributed by atoms with Crippen LogP contribution in [0.2, 0.25) is 0 Å². The highest BCUT2D eigenvalue weighted by molar-refractivity contribution is 6.01. The zero-order valence-electron chi connectivity index (χ0n) is 19.6. The maximum atomic E-state index is 13.0. The molecule has 36 heavy (non-hydrogen) atoms. The summed E-state index contributed by atoms with van der Waals surface area (Å²) in [6.07, 6.45) is -2.53. The number of ether oxygens (including phenoxy) is 5. The molecule has 0 spiro atoms. The Labute approximate surface area is 207 Å². The molecule has 4 atom stereocenters. The summed E-state index contributed by atoms with van der Waals surface area (Å²) in [5.41, 5.74) is 0. The normalized spacial score (nSPS) is 16.1. The van der Waals surface area contributed by atoms with Gasteiger partial charge in [-0.3, -0.25) is 14.4 Å². The van der Waals surface area contributed by atoms with Crippen molar-refractivity contribution in [2.45, 2.75) is 50.1 Å². The Kier molecular flexibility index (Phi) is 13.0. The molecule has 0 aromatic rings. The highest BCUT2D eigenvalue weighted by Gasteiger charge is 2.47. The summed E-state index contributed by atoms with van der Waals surface area (Å²) in [7, 11) is 0. The quantitative estimate of drug-likeness (QED) is 0.141. The molecule has 13 heteroatoms. The van der Waals surface area contributed by atoms with Gasteiger partial charge in [0, 0.05) is 25.9 Å². The minimum atomic E-state index is -1.71. The van der Waals surface area contributed by atoms with E-state index < -0.39 is 60.6 Å². The van der Waals surface area contributed by atoms with Gasteiger partial charge in [0.1, 0.15) is 6.61 Å². The highest BCUT2D eigenvalue weighted by atomic mass is 16.7. The number of imide groups is 1. The molecule has 0 aromatic heterocycles. The van der Waals surface area contributed by atoms with E-state index in [1.54, 1.807) is 0 Å². The van der Waals surface area contributed by atoms with Crippen LogP contribution in [0.1, 0.15) is 25.7 Å². The Morgan fingerprint density at radius 3 is 1.86 bits per heavy atom. The molecule has 1 fully saturated rings. The molecule has 0 aliphatic carbocycles. The summed E-state index contributed by atoms with van der Waals surface area (Å²) in [4.78, 5) is 65.1. The Morgan fingerprint density at radius 2 is 1.36 bits per heavy atom. The average Bonchev–Trinajstić information content (AvgIpc) is 3.15. The molecule has 1 saturated heterocycles. The minimum Gasteiger partial charge on any atom is -0.490 e. The van der Waals surface area contributed by atoms with Crippen LogP contribution < -0.4 is 0 Å². The number of ketones is 1. The fraction of sp³-hybridized carbons (Fsp3) is 0.435. The number of rotatable bonds is 20. The summed E-state index contributed by atoms with van der Waals surface area (Å²) in [5.74, 6) is -4.38.